The molecule has 1 saturated heterocycles. The van der Waals surface area contributed by atoms with Crippen molar-refractivity contribution in [3.63, 3.8) is 0 Å². The highest BCUT2D eigenvalue weighted by atomic mass is 16.5. The lowest BCUT2D eigenvalue weighted by Crippen LogP contribution is -2.49. The van der Waals surface area contributed by atoms with E-state index in [0.29, 0.717) is 12.1 Å². The van der Waals surface area contributed by atoms with E-state index in [-0.39, 0.29) is 0 Å². The molecule has 3 rings (SSSR count). The highest BCUT2D eigenvalue weighted by molar-refractivity contribution is 5.85. The molecule has 0 unspecified atom stereocenters. The molecule has 0 spiro atoms. The van der Waals surface area contributed by atoms with Crippen LogP contribution in [0.4, 0.5) is 0 Å². The van der Waals surface area contributed by atoms with E-state index in [1.165, 1.54) is 16.3 Å². The molecule has 0 saturated carbocycles. The van der Waals surface area contributed by atoms with Gasteiger partial charge in [-0.15, -0.1) is 0 Å². The Morgan fingerprint density at radius 1 is 1.14 bits per heavy atom. The van der Waals surface area contributed by atoms with Gasteiger partial charge in [-0.05, 0) is 49.4 Å². The Kier molecular flexibility index (Phi) is 8.32. The van der Waals surface area contributed by atoms with E-state index in [0.717, 1.165) is 58.0 Å². The van der Waals surface area contributed by atoms with E-state index < -0.39 is 0 Å². The van der Waals surface area contributed by atoms with E-state index in [1.807, 2.05) is 7.05 Å². The molecular weight excluding hydrogens is 360 g/mol. The van der Waals surface area contributed by atoms with Crippen LogP contribution in [-0.2, 0) is 11.2 Å². The molecule has 0 amide bonds. The fraction of sp³-hybridized carbons (Fsp3) is 0.542. The van der Waals surface area contributed by atoms with E-state index >= 15 is 0 Å². The van der Waals surface area contributed by atoms with Crippen molar-refractivity contribution in [1.29, 1.82) is 0 Å². The van der Waals surface area contributed by atoms with Crippen LogP contribution in [0.25, 0.3) is 10.8 Å². The van der Waals surface area contributed by atoms with E-state index in [9.17, 15) is 0 Å². The molecule has 29 heavy (non-hydrogen) atoms. The molecule has 0 atom stereocenters. The van der Waals surface area contributed by atoms with Gasteiger partial charge < -0.3 is 20.3 Å². The maximum atomic E-state index is 5.67. The SMILES string of the molecule is CN=C(NCCc1cccc2ccccc12)NC1CCN(CCOC(C)C)CC1. The lowest BCUT2D eigenvalue weighted by atomic mass is 10.0. The zero-order valence-corrected chi connectivity index (χ0v) is 18.2. The summed E-state index contributed by atoms with van der Waals surface area (Å²) in [5.74, 6) is 0.909. The second kappa shape index (κ2) is 11.2. The summed E-state index contributed by atoms with van der Waals surface area (Å²) in [7, 11) is 1.85. The number of piperidine rings is 1. The summed E-state index contributed by atoms with van der Waals surface area (Å²) in [6.07, 6.45) is 3.59. The van der Waals surface area contributed by atoms with Gasteiger partial charge in [-0.1, -0.05) is 42.5 Å². The number of guanidine groups is 1. The Balaban J connectivity index is 1.40. The van der Waals surface area contributed by atoms with Gasteiger partial charge in [-0.3, -0.25) is 4.99 Å². The number of nitrogens with one attached hydrogen (secondary N) is 2. The fourth-order valence-corrected chi connectivity index (χ4v) is 3.93. The number of ether oxygens (including phenoxy) is 1. The molecule has 0 bridgehead atoms. The quantitative estimate of drug-likeness (QED) is 0.530. The Labute approximate surface area is 175 Å². The molecule has 0 radical (unpaired) electrons. The topological polar surface area (TPSA) is 48.9 Å². The van der Waals surface area contributed by atoms with Crippen molar-refractivity contribution in [3.8, 4) is 0 Å². The largest absolute Gasteiger partial charge is 0.377 e. The Morgan fingerprint density at radius 2 is 1.90 bits per heavy atom. The van der Waals surface area contributed by atoms with E-state index in [1.54, 1.807) is 0 Å². The first-order chi connectivity index (χ1) is 14.2. The van der Waals surface area contributed by atoms with E-state index in [4.69, 9.17) is 4.74 Å². The number of fused-ring (bicyclic) bond motifs is 1. The lowest BCUT2D eigenvalue weighted by Gasteiger charge is -2.33. The molecule has 2 N–H and O–H groups in total. The van der Waals surface area contributed by atoms with Crippen molar-refractivity contribution in [2.24, 2.45) is 4.99 Å². The number of benzene rings is 2. The van der Waals surface area contributed by atoms with Crippen LogP contribution in [0.3, 0.4) is 0 Å². The van der Waals surface area contributed by atoms with Crippen LogP contribution in [-0.4, -0.2) is 62.8 Å². The molecule has 5 heteroatoms. The molecule has 5 nitrogen and oxygen atoms in total. The summed E-state index contributed by atoms with van der Waals surface area (Å²) < 4.78 is 5.67. The highest BCUT2D eigenvalue weighted by Crippen LogP contribution is 2.18. The van der Waals surface area contributed by atoms with Gasteiger partial charge in [-0.25, -0.2) is 0 Å². The Hall–Kier alpha value is -2.11. The predicted molar refractivity (Wildman–Crippen MR) is 123 cm³/mol. The van der Waals surface area contributed by atoms with Crippen LogP contribution >= 0.6 is 0 Å². The average molecular weight is 397 g/mol. The summed E-state index contributed by atoms with van der Waals surface area (Å²) in [6, 6.07) is 15.6. The van der Waals surface area contributed by atoms with Crippen molar-refractivity contribution >= 4 is 16.7 Å². The third-order valence-corrected chi connectivity index (χ3v) is 5.58. The minimum absolute atomic E-state index is 0.317. The van der Waals surface area contributed by atoms with Crippen molar-refractivity contribution in [2.75, 3.05) is 39.8 Å². The van der Waals surface area contributed by atoms with E-state index in [2.05, 4.69) is 76.8 Å². The summed E-state index contributed by atoms with van der Waals surface area (Å²) >= 11 is 0. The predicted octanol–water partition coefficient (Wildman–Crippen LogP) is 3.44. The molecule has 0 aliphatic carbocycles. The standard InChI is InChI=1S/C24H36N4O/c1-19(2)29-18-17-28-15-12-22(13-16-28)27-24(25-3)26-14-11-21-9-6-8-20-7-4-5-10-23(20)21/h4-10,19,22H,11-18H2,1-3H3,(H2,25,26,27). The third-order valence-electron chi connectivity index (χ3n) is 5.58. The molecule has 2 aromatic carbocycles. The first kappa shape index (κ1) is 21.6. The number of nitrogens with zero attached hydrogens (tertiary/aromatic N) is 2. The van der Waals surface area contributed by atoms with Gasteiger partial charge in [0.05, 0.1) is 12.7 Å². The maximum Gasteiger partial charge on any atom is 0.191 e. The number of rotatable bonds is 8. The molecule has 158 valence electrons. The summed E-state index contributed by atoms with van der Waals surface area (Å²) in [5, 5.41) is 9.74. The second-order valence-corrected chi connectivity index (χ2v) is 8.07. The maximum absolute atomic E-state index is 5.67. The summed E-state index contributed by atoms with van der Waals surface area (Å²) in [5.41, 5.74) is 1.38. The van der Waals surface area contributed by atoms with Crippen LogP contribution in [0, 0.1) is 0 Å². The average Bonchev–Trinajstić information content (AvgIpc) is 2.74. The van der Waals surface area contributed by atoms with Crippen molar-refractivity contribution < 1.29 is 4.74 Å². The van der Waals surface area contributed by atoms with Crippen molar-refractivity contribution in [1.82, 2.24) is 15.5 Å². The Bertz CT molecular complexity index is 776. The normalized spacial score (nSPS) is 16.5. The van der Waals surface area contributed by atoms with Gasteiger partial charge in [0.2, 0.25) is 0 Å². The van der Waals surface area contributed by atoms with Gasteiger partial charge in [0.25, 0.3) is 0 Å². The molecular formula is C24H36N4O. The van der Waals surface area contributed by atoms with Crippen LogP contribution in [0.15, 0.2) is 47.5 Å². The first-order valence-electron chi connectivity index (χ1n) is 10.9. The number of likely N-dealkylation sites (tertiary alicyclic amines) is 1. The zero-order chi connectivity index (χ0) is 20.5. The van der Waals surface area contributed by atoms with Gasteiger partial charge in [0.15, 0.2) is 5.96 Å². The molecule has 1 aliphatic rings. The van der Waals surface area contributed by atoms with Gasteiger partial charge in [0, 0.05) is 39.3 Å². The summed E-state index contributed by atoms with van der Waals surface area (Å²) in [6.45, 7) is 9.15. The lowest BCUT2D eigenvalue weighted by molar-refractivity contribution is 0.0532. The summed E-state index contributed by atoms with van der Waals surface area (Å²) in [4.78, 5) is 6.92. The number of hydrogen-bond acceptors (Lipinski definition) is 3. The van der Waals surface area contributed by atoms with Crippen LogP contribution in [0.1, 0.15) is 32.3 Å². The highest BCUT2D eigenvalue weighted by Gasteiger charge is 2.19. The first-order valence-corrected chi connectivity index (χ1v) is 10.9. The van der Waals surface area contributed by atoms with Gasteiger partial charge in [-0.2, -0.15) is 0 Å². The third kappa shape index (κ3) is 6.72. The fourth-order valence-electron chi connectivity index (χ4n) is 3.93. The zero-order valence-electron chi connectivity index (χ0n) is 18.2. The second-order valence-electron chi connectivity index (χ2n) is 8.07. The van der Waals surface area contributed by atoms with Crippen LogP contribution in [0.2, 0.25) is 0 Å². The smallest absolute Gasteiger partial charge is 0.191 e. The van der Waals surface area contributed by atoms with Crippen molar-refractivity contribution in [3.05, 3.63) is 48.0 Å². The van der Waals surface area contributed by atoms with Crippen LogP contribution in [0.5, 0.6) is 0 Å². The minimum Gasteiger partial charge on any atom is -0.377 e. The molecule has 2 aromatic rings. The molecule has 1 heterocycles. The Morgan fingerprint density at radius 3 is 2.66 bits per heavy atom. The minimum atomic E-state index is 0.317. The van der Waals surface area contributed by atoms with Crippen LogP contribution < -0.4 is 10.6 Å². The van der Waals surface area contributed by atoms with Crippen molar-refractivity contribution in [2.45, 2.75) is 45.3 Å². The molecule has 0 aromatic heterocycles. The van der Waals surface area contributed by atoms with Gasteiger partial charge in [0.1, 0.15) is 0 Å². The molecule has 1 fully saturated rings. The van der Waals surface area contributed by atoms with Gasteiger partial charge >= 0.3 is 0 Å². The number of hydrogen-bond donors (Lipinski definition) is 2. The number of aliphatic imine (C=N–C) groups is 1. The monoisotopic (exact) mass is 396 g/mol. The molecule has 1 aliphatic heterocycles.